The van der Waals surface area contributed by atoms with Crippen LogP contribution in [0, 0.1) is 21.4 Å². The Morgan fingerprint density at radius 1 is 1.32 bits per heavy atom. The molecule has 0 bridgehead atoms. The molecule has 1 aromatic carbocycles. The highest BCUT2D eigenvalue weighted by molar-refractivity contribution is 5.96. The molecule has 0 radical (unpaired) electrons. The molecule has 0 unspecified atom stereocenters. The van der Waals surface area contributed by atoms with Crippen LogP contribution in [-0.4, -0.2) is 42.7 Å². The van der Waals surface area contributed by atoms with Gasteiger partial charge in [0.2, 0.25) is 0 Å². The summed E-state index contributed by atoms with van der Waals surface area (Å²) in [7, 11) is 1.32. The molecule has 1 aromatic rings. The van der Waals surface area contributed by atoms with Gasteiger partial charge in [0, 0.05) is 6.07 Å². The van der Waals surface area contributed by atoms with E-state index in [0.717, 1.165) is 25.0 Å². The topological polar surface area (TPSA) is 141 Å². The summed E-state index contributed by atoms with van der Waals surface area (Å²) in [6.45, 7) is 1.30. The van der Waals surface area contributed by atoms with Crippen molar-refractivity contribution >= 4 is 17.6 Å². The standard InChI is InChI=1S/C18H21N3O7/c1-3-27-15-8-12(13(21(24)25)9-14(15)26-2)17(23)28-10-16(22)20-18(11-19)6-4-5-7-18/h8-9H,3-7,10H2,1-2H3,(H,20,22). The molecular weight excluding hydrogens is 370 g/mol. The van der Waals surface area contributed by atoms with Gasteiger partial charge in [-0.2, -0.15) is 5.26 Å². The molecule has 150 valence electrons. The lowest BCUT2D eigenvalue weighted by Crippen LogP contribution is -2.46. The van der Waals surface area contributed by atoms with Gasteiger partial charge >= 0.3 is 5.97 Å². The first-order valence-corrected chi connectivity index (χ1v) is 8.74. The first-order chi connectivity index (χ1) is 13.4. The number of carbonyl (C=O) groups is 2. The summed E-state index contributed by atoms with van der Waals surface area (Å²) in [5, 5.41) is 23.2. The summed E-state index contributed by atoms with van der Waals surface area (Å²) >= 11 is 0. The van der Waals surface area contributed by atoms with Crippen LogP contribution in [-0.2, 0) is 9.53 Å². The molecule has 0 spiro atoms. The minimum atomic E-state index is -1.05. The molecule has 0 saturated heterocycles. The quantitative estimate of drug-likeness (QED) is 0.403. The monoisotopic (exact) mass is 391 g/mol. The lowest BCUT2D eigenvalue weighted by atomic mass is 10.00. The summed E-state index contributed by atoms with van der Waals surface area (Å²) in [6, 6.07) is 4.30. The molecule has 0 aromatic heterocycles. The van der Waals surface area contributed by atoms with Crippen LogP contribution in [0.25, 0.3) is 0 Å². The zero-order chi connectivity index (χ0) is 20.7. The average Bonchev–Trinajstić information content (AvgIpc) is 3.14. The van der Waals surface area contributed by atoms with Crippen LogP contribution in [0.15, 0.2) is 12.1 Å². The highest BCUT2D eigenvalue weighted by Crippen LogP contribution is 2.35. The molecule has 10 heteroatoms. The Labute approximate surface area is 161 Å². The number of ether oxygens (including phenoxy) is 3. The minimum Gasteiger partial charge on any atom is -0.493 e. The van der Waals surface area contributed by atoms with E-state index in [4.69, 9.17) is 14.2 Å². The third-order valence-electron chi connectivity index (χ3n) is 4.38. The normalized spacial score (nSPS) is 14.6. The maximum absolute atomic E-state index is 12.3. The Morgan fingerprint density at radius 2 is 2.00 bits per heavy atom. The summed E-state index contributed by atoms with van der Waals surface area (Å²) < 4.78 is 15.3. The van der Waals surface area contributed by atoms with Crippen molar-refractivity contribution in [3.8, 4) is 17.6 Å². The molecule has 1 saturated carbocycles. The van der Waals surface area contributed by atoms with Crippen LogP contribution in [0.2, 0.25) is 0 Å². The van der Waals surface area contributed by atoms with Crippen LogP contribution >= 0.6 is 0 Å². The molecule has 1 aliphatic rings. The van der Waals surface area contributed by atoms with Gasteiger partial charge in [-0.05, 0) is 32.6 Å². The molecule has 1 N–H and O–H groups in total. The van der Waals surface area contributed by atoms with E-state index in [1.165, 1.54) is 7.11 Å². The number of nitriles is 1. The van der Waals surface area contributed by atoms with Gasteiger partial charge in [-0.1, -0.05) is 0 Å². The maximum Gasteiger partial charge on any atom is 0.345 e. The van der Waals surface area contributed by atoms with E-state index in [1.54, 1.807) is 6.92 Å². The number of esters is 1. The smallest absolute Gasteiger partial charge is 0.345 e. The SMILES string of the molecule is CCOc1cc(C(=O)OCC(=O)NC2(C#N)CCCC2)c([N+](=O)[O-])cc1OC. The number of nitrogens with one attached hydrogen (secondary N) is 1. The van der Waals surface area contributed by atoms with E-state index in [2.05, 4.69) is 11.4 Å². The fraction of sp³-hybridized carbons (Fsp3) is 0.500. The van der Waals surface area contributed by atoms with Gasteiger partial charge in [-0.15, -0.1) is 0 Å². The van der Waals surface area contributed by atoms with E-state index >= 15 is 0 Å². The Hall–Kier alpha value is -3.35. The highest BCUT2D eigenvalue weighted by atomic mass is 16.6. The number of methoxy groups -OCH3 is 1. The van der Waals surface area contributed by atoms with Crippen LogP contribution in [0.3, 0.4) is 0 Å². The molecule has 0 atom stereocenters. The molecule has 0 aliphatic heterocycles. The number of hydrogen-bond donors (Lipinski definition) is 1. The molecular formula is C18H21N3O7. The van der Waals surface area contributed by atoms with E-state index < -0.39 is 34.6 Å². The van der Waals surface area contributed by atoms with Crippen molar-refractivity contribution in [2.45, 2.75) is 38.1 Å². The minimum absolute atomic E-state index is 0.0973. The molecule has 1 fully saturated rings. The number of nitrogens with zero attached hydrogens (tertiary/aromatic N) is 2. The molecule has 1 amide bonds. The fourth-order valence-electron chi connectivity index (χ4n) is 3.05. The van der Waals surface area contributed by atoms with Crippen LogP contribution in [0.1, 0.15) is 43.0 Å². The van der Waals surface area contributed by atoms with Crippen molar-refractivity contribution in [3.63, 3.8) is 0 Å². The van der Waals surface area contributed by atoms with Gasteiger partial charge in [0.25, 0.3) is 11.6 Å². The Balaban J connectivity index is 2.14. The van der Waals surface area contributed by atoms with Gasteiger partial charge < -0.3 is 19.5 Å². The summed E-state index contributed by atoms with van der Waals surface area (Å²) in [5.74, 6) is -1.46. The average molecular weight is 391 g/mol. The summed E-state index contributed by atoms with van der Waals surface area (Å²) in [5.41, 5.74) is -1.84. The highest BCUT2D eigenvalue weighted by Gasteiger charge is 2.35. The molecule has 28 heavy (non-hydrogen) atoms. The van der Waals surface area contributed by atoms with Gasteiger partial charge in [0.1, 0.15) is 11.1 Å². The number of benzene rings is 1. The van der Waals surface area contributed by atoms with E-state index in [-0.39, 0.29) is 23.7 Å². The third-order valence-corrected chi connectivity index (χ3v) is 4.38. The van der Waals surface area contributed by atoms with Gasteiger partial charge in [0.15, 0.2) is 18.1 Å². The largest absolute Gasteiger partial charge is 0.493 e. The molecule has 10 nitrogen and oxygen atoms in total. The van der Waals surface area contributed by atoms with Crippen molar-refractivity contribution in [3.05, 3.63) is 27.8 Å². The van der Waals surface area contributed by atoms with Crippen molar-refractivity contribution in [2.24, 2.45) is 0 Å². The number of nitro benzene ring substituents is 1. The van der Waals surface area contributed by atoms with Gasteiger partial charge in [-0.3, -0.25) is 14.9 Å². The first-order valence-electron chi connectivity index (χ1n) is 8.74. The zero-order valence-corrected chi connectivity index (χ0v) is 15.6. The van der Waals surface area contributed by atoms with Crippen molar-refractivity contribution in [1.29, 1.82) is 5.26 Å². The number of carbonyl (C=O) groups excluding carboxylic acids is 2. The summed E-state index contributed by atoms with van der Waals surface area (Å²) in [6.07, 6.45) is 2.72. The fourth-order valence-corrected chi connectivity index (χ4v) is 3.05. The molecule has 0 heterocycles. The lowest BCUT2D eigenvalue weighted by molar-refractivity contribution is -0.385. The Kier molecular flexibility index (Phi) is 6.76. The number of nitro groups is 1. The first kappa shape index (κ1) is 21.0. The molecule has 1 aliphatic carbocycles. The maximum atomic E-state index is 12.3. The summed E-state index contributed by atoms with van der Waals surface area (Å²) in [4.78, 5) is 35.0. The third kappa shape index (κ3) is 4.68. The van der Waals surface area contributed by atoms with Gasteiger partial charge in [0.05, 0.1) is 30.8 Å². The second-order valence-corrected chi connectivity index (χ2v) is 6.24. The van der Waals surface area contributed by atoms with Crippen molar-refractivity contribution < 1.29 is 28.7 Å². The van der Waals surface area contributed by atoms with Crippen LogP contribution < -0.4 is 14.8 Å². The van der Waals surface area contributed by atoms with E-state index in [0.29, 0.717) is 12.8 Å². The zero-order valence-electron chi connectivity index (χ0n) is 15.6. The van der Waals surface area contributed by atoms with E-state index in [1.807, 2.05) is 0 Å². The Bertz CT molecular complexity index is 810. The number of rotatable bonds is 8. The van der Waals surface area contributed by atoms with Crippen molar-refractivity contribution in [1.82, 2.24) is 5.32 Å². The number of amides is 1. The van der Waals surface area contributed by atoms with Crippen LogP contribution in [0.5, 0.6) is 11.5 Å². The van der Waals surface area contributed by atoms with Crippen molar-refractivity contribution in [2.75, 3.05) is 20.3 Å². The second-order valence-electron chi connectivity index (χ2n) is 6.24. The van der Waals surface area contributed by atoms with Crippen LogP contribution in [0.4, 0.5) is 5.69 Å². The molecule has 2 rings (SSSR count). The van der Waals surface area contributed by atoms with E-state index in [9.17, 15) is 25.0 Å². The predicted octanol–water partition coefficient (Wildman–Crippen LogP) is 2.11. The Morgan fingerprint density at radius 3 is 2.54 bits per heavy atom. The second kappa shape index (κ2) is 9.03. The van der Waals surface area contributed by atoms with Gasteiger partial charge in [-0.25, -0.2) is 4.79 Å². The predicted molar refractivity (Wildman–Crippen MR) is 96.1 cm³/mol. The lowest BCUT2D eigenvalue weighted by Gasteiger charge is -2.21. The number of hydrogen-bond acceptors (Lipinski definition) is 8.